The highest BCUT2D eigenvalue weighted by Crippen LogP contribution is 2.68. The molecule has 4 atom stereocenters. The molecule has 9 heteroatoms. The molecule has 1 aromatic rings. The molecular weight excluding hydrogens is 504 g/mol. The maximum atomic E-state index is 14.1. The zero-order chi connectivity index (χ0) is 27.1. The third-order valence-electron chi connectivity index (χ3n) is 11.4. The monoisotopic (exact) mass is 542 g/mol. The van der Waals surface area contributed by atoms with E-state index in [2.05, 4.69) is 38.1 Å². The van der Waals surface area contributed by atoms with E-state index in [0.29, 0.717) is 25.9 Å². The van der Waals surface area contributed by atoms with Crippen LogP contribution < -0.4 is 0 Å². The fraction of sp³-hybridized carbons (Fsp3) is 0.690. The van der Waals surface area contributed by atoms with E-state index in [0.717, 1.165) is 32.1 Å². The third kappa shape index (κ3) is 3.64. The molecule has 206 valence electrons. The normalized spacial score (nSPS) is 33.8. The summed E-state index contributed by atoms with van der Waals surface area (Å²) in [4.78, 5) is 38.9. The topological polar surface area (TPSA) is 112 Å². The average Bonchev–Trinajstić information content (AvgIpc) is 3.49. The lowest BCUT2D eigenvalue weighted by Crippen LogP contribution is -2.56. The number of carboxylic acids is 1. The first-order valence-corrected chi connectivity index (χ1v) is 15.7. The Morgan fingerprint density at radius 2 is 1.79 bits per heavy atom. The number of benzene rings is 1. The lowest BCUT2D eigenvalue weighted by atomic mass is 9.68. The quantitative estimate of drug-likeness (QED) is 0.552. The summed E-state index contributed by atoms with van der Waals surface area (Å²) in [6, 6.07) is 8.05. The molecule has 1 N–H and O–H groups in total. The van der Waals surface area contributed by atoms with Crippen LogP contribution in [0.2, 0.25) is 0 Å². The van der Waals surface area contributed by atoms with Crippen molar-refractivity contribution in [1.29, 1.82) is 0 Å². The van der Waals surface area contributed by atoms with Crippen LogP contribution in [-0.4, -0.2) is 65.4 Å². The Morgan fingerprint density at radius 1 is 1.08 bits per heavy atom. The number of carbonyl (C=O) groups excluding carboxylic acids is 2. The van der Waals surface area contributed by atoms with Gasteiger partial charge in [0.15, 0.2) is 0 Å². The molecule has 5 aliphatic rings. The van der Waals surface area contributed by atoms with Crippen LogP contribution >= 0.6 is 0 Å². The van der Waals surface area contributed by atoms with Crippen molar-refractivity contribution >= 4 is 27.8 Å². The Labute approximate surface area is 224 Å². The molecule has 1 spiro atoms. The SMILES string of the molecule is CC1(C)C2CCC1(CS(=O)(=O)N1CCC3(CCc4ccccc43)CC1)C(N1C(=O)CC(CC(=O)O)C1=O)C2. The first-order chi connectivity index (χ1) is 17.9. The van der Waals surface area contributed by atoms with E-state index in [1.165, 1.54) is 16.0 Å². The largest absolute Gasteiger partial charge is 0.481 e. The van der Waals surface area contributed by atoms with E-state index < -0.39 is 39.3 Å². The minimum atomic E-state index is -3.65. The number of carboxylic acid groups (broad SMARTS) is 1. The Bertz CT molecular complexity index is 1300. The zero-order valence-corrected chi connectivity index (χ0v) is 23.1. The van der Waals surface area contributed by atoms with Crippen molar-refractivity contribution in [1.82, 2.24) is 9.21 Å². The van der Waals surface area contributed by atoms with Crippen LogP contribution in [-0.2, 0) is 36.2 Å². The number of aryl methyl sites for hydroxylation is 1. The van der Waals surface area contributed by atoms with Gasteiger partial charge in [0.1, 0.15) is 0 Å². The van der Waals surface area contributed by atoms with Gasteiger partial charge in [0.05, 0.1) is 18.1 Å². The van der Waals surface area contributed by atoms with Crippen LogP contribution in [0.4, 0.5) is 0 Å². The van der Waals surface area contributed by atoms with Crippen molar-refractivity contribution in [3.8, 4) is 0 Å². The van der Waals surface area contributed by atoms with E-state index in [1.54, 1.807) is 4.31 Å². The van der Waals surface area contributed by atoms with E-state index in [9.17, 15) is 27.9 Å². The summed E-state index contributed by atoms with van der Waals surface area (Å²) in [5.74, 6) is -2.60. The number of hydrogen-bond acceptors (Lipinski definition) is 5. The van der Waals surface area contributed by atoms with E-state index in [-0.39, 0.29) is 41.2 Å². The molecule has 3 aliphatic carbocycles. The minimum Gasteiger partial charge on any atom is -0.481 e. The predicted octanol–water partition coefficient (Wildman–Crippen LogP) is 3.34. The second kappa shape index (κ2) is 8.62. The number of likely N-dealkylation sites (tertiary alicyclic amines) is 1. The molecule has 6 rings (SSSR count). The molecular formula is C29H38N2O6S. The van der Waals surface area contributed by atoms with Gasteiger partial charge < -0.3 is 5.11 Å². The highest BCUT2D eigenvalue weighted by Gasteiger charge is 2.68. The number of carbonyl (C=O) groups is 3. The molecule has 2 heterocycles. The number of piperidine rings is 1. The molecule has 0 aromatic heterocycles. The molecule has 38 heavy (non-hydrogen) atoms. The molecule has 2 saturated heterocycles. The molecule has 4 fully saturated rings. The summed E-state index contributed by atoms with van der Waals surface area (Å²) in [5.41, 5.74) is 1.75. The maximum absolute atomic E-state index is 14.1. The third-order valence-corrected chi connectivity index (χ3v) is 13.4. The summed E-state index contributed by atoms with van der Waals surface area (Å²) >= 11 is 0. The Kier molecular flexibility index (Phi) is 5.89. The Hall–Kier alpha value is -2.26. The van der Waals surface area contributed by atoms with E-state index in [1.807, 2.05) is 0 Å². The van der Waals surface area contributed by atoms with Gasteiger partial charge in [0.25, 0.3) is 0 Å². The predicted molar refractivity (Wildman–Crippen MR) is 141 cm³/mol. The molecule has 2 amide bonds. The van der Waals surface area contributed by atoms with Crippen molar-refractivity contribution < 1.29 is 27.9 Å². The smallest absolute Gasteiger partial charge is 0.304 e. The molecule has 4 unspecified atom stereocenters. The zero-order valence-electron chi connectivity index (χ0n) is 22.3. The van der Waals surface area contributed by atoms with Crippen molar-refractivity contribution in [2.75, 3.05) is 18.8 Å². The Balaban J connectivity index is 1.24. The number of rotatable bonds is 6. The van der Waals surface area contributed by atoms with Crippen LogP contribution in [0.5, 0.6) is 0 Å². The molecule has 2 aliphatic heterocycles. The minimum absolute atomic E-state index is 0.0576. The van der Waals surface area contributed by atoms with Gasteiger partial charge in [-0.15, -0.1) is 0 Å². The fourth-order valence-electron chi connectivity index (χ4n) is 9.04. The van der Waals surface area contributed by atoms with Crippen LogP contribution in [0.1, 0.15) is 76.3 Å². The standard InChI is InChI=1S/C29H38N2O6S/c1-27(2)21-8-10-29(27,23(17-21)31-24(32)15-20(26(31)35)16-25(33)34)18-38(36,37)30-13-11-28(12-14-30)9-7-19-5-3-4-6-22(19)28/h3-6,20-21,23H,7-18H2,1-2H3,(H,33,34). The molecule has 0 radical (unpaired) electrons. The molecule has 2 saturated carbocycles. The van der Waals surface area contributed by atoms with Gasteiger partial charge in [-0.3, -0.25) is 19.3 Å². The van der Waals surface area contributed by atoms with Crippen molar-refractivity contribution in [2.24, 2.45) is 22.7 Å². The van der Waals surface area contributed by atoms with Gasteiger partial charge in [0.2, 0.25) is 21.8 Å². The van der Waals surface area contributed by atoms with Crippen LogP contribution in [0.25, 0.3) is 0 Å². The lowest BCUT2D eigenvalue weighted by Gasteiger charge is -2.46. The van der Waals surface area contributed by atoms with Crippen LogP contribution in [0.3, 0.4) is 0 Å². The summed E-state index contributed by atoms with van der Waals surface area (Å²) in [6.45, 7) is 5.17. The summed E-state index contributed by atoms with van der Waals surface area (Å²) in [5, 5.41) is 9.23. The fourth-order valence-corrected chi connectivity index (χ4v) is 11.3. The number of aliphatic carboxylic acids is 1. The highest BCUT2D eigenvalue weighted by atomic mass is 32.2. The van der Waals surface area contributed by atoms with Gasteiger partial charge in [-0.1, -0.05) is 38.1 Å². The van der Waals surface area contributed by atoms with Crippen molar-refractivity contribution in [3.63, 3.8) is 0 Å². The first kappa shape index (κ1) is 26.0. The first-order valence-electron chi connectivity index (χ1n) is 14.0. The van der Waals surface area contributed by atoms with Gasteiger partial charge in [-0.05, 0) is 72.8 Å². The molecule has 2 bridgehead atoms. The van der Waals surface area contributed by atoms with Crippen LogP contribution in [0, 0.1) is 22.7 Å². The van der Waals surface area contributed by atoms with Gasteiger partial charge >= 0.3 is 5.97 Å². The van der Waals surface area contributed by atoms with Crippen LogP contribution in [0.15, 0.2) is 24.3 Å². The molecule has 1 aromatic carbocycles. The lowest BCUT2D eigenvalue weighted by molar-refractivity contribution is -0.148. The summed E-state index contributed by atoms with van der Waals surface area (Å²) < 4.78 is 29.8. The highest BCUT2D eigenvalue weighted by molar-refractivity contribution is 7.89. The second-order valence-electron chi connectivity index (χ2n) is 13.1. The number of hydrogen-bond donors (Lipinski definition) is 1. The molecule has 8 nitrogen and oxygen atoms in total. The van der Waals surface area contributed by atoms with Gasteiger partial charge in [-0.2, -0.15) is 0 Å². The second-order valence-corrected chi connectivity index (χ2v) is 15.0. The van der Waals surface area contributed by atoms with Crippen molar-refractivity contribution in [2.45, 2.75) is 83.1 Å². The van der Waals surface area contributed by atoms with Gasteiger partial charge in [-0.25, -0.2) is 12.7 Å². The number of imide groups is 1. The van der Waals surface area contributed by atoms with E-state index in [4.69, 9.17) is 0 Å². The number of fused-ring (bicyclic) bond motifs is 4. The van der Waals surface area contributed by atoms with Gasteiger partial charge in [0, 0.05) is 31.0 Å². The number of sulfonamides is 1. The summed E-state index contributed by atoms with van der Waals surface area (Å²) in [6.07, 6.45) is 5.39. The number of amides is 2. The number of nitrogens with zero attached hydrogens (tertiary/aromatic N) is 2. The van der Waals surface area contributed by atoms with E-state index >= 15 is 0 Å². The van der Waals surface area contributed by atoms with Crippen molar-refractivity contribution in [3.05, 3.63) is 35.4 Å². The maximum Gasteiger partial charge on any atom is 0.304 e. The Morgan fingerprint density at radius 3 is 2.47 bits per heavy atom. The average molecular weight is 543 g/mol. The summed E-state index contributed by atoms with van der Waals surface area (Å²) in [7, 11) is -3.65.